The maximum atomic E-state index is 12.7. The predicted octanol–water partition coefficient (Wildman–Crippen LogP) is 4.25. The fourth-order valence-corrected chi connectivity index (χ4v) is 4.81. The molecule has 0 bridgehead atoms. The topological polar surface area (TPSA) is 128 Å². The molecule has 2 aromatic heterocycles. The van der Waals surface area contributed by atoms with Crippen molar-refractivity contribution in [1.82, 2.24) is 20.0 Å². The molecule has 1 atom stereocenters. The third kappa shape index (κ3) is 5.24. The number of ether oxygens (including phenoxy) is 1. The van der Waals surface area contributed by atoms with E-state index in [4.69, 9.17) is 15.0 Å². The van der Waals surface area contributed by atoms with E-state index in [1.165, 1.54) is 5.56 Å². The van der Waals surface area contributed by atoms with Crippen molar-refractivity contribution in [1.29, 1.82) is 0 Å². The molecule has 0 unspecified atom stereocenters. The van der Waals surface area contributed by atoms with Gasteiger partial charge in [-0.15, -0.1) is 0 Å². The van der Waals surface area contributed by atoms with Crippen LogP contribution in [-0.4, -0.2) is 56.5 Å². The van der Waals surface area contributed by atoms with Crippen LogP contribution in [0.4, 0.5) is 4.79 Å². The molecule has 3 heterocycles. The summed E-state index contributed by atoms with van der Waals surface area (Å²) < 4.78 is 10.9. The molecule has 1 aromatic carbocycles. The van der Waals surface area contributed by atoms with Gasteiger partial charge in [-0.2, -0.15) is 4.98 Å². The number of carbonyl (C=O) groups is 1. The smallest absolute Gasteiger partial charge is 0.410 e. The summed E-state index contributed by atoms with van der Waals surface area (Å²) in [5.74, 6) is 1.18. The van der Waals surface area contributed by atoms with Crippen molar-refractivity contribution in [2.24, 2.45) is 11.1 Å². The van der Waals surface area contributed by atoms with E-state index in [9.17, 15) is 9.90 Å². The number of nitrogens with two attached hydrogens (primary N) is 1. The van der Waals surface area contributed by atoms with E-state index in [-0.39, 0.29) is 0 Å². The van der Waals surface area contributed by atoms with Crippen LogP contribution >= 0.6 is 0 Å². The van der Waals surface area contributed by atoms with E-state index < -0.39 is 22.7 Å². The molecule has 4 rings (SSSR count). The average Bonchev–Trinajstić information content (AvgIpc) is 3.29. The summed E-state index contributed by atoms with van der Waals surface area (Å²) in [6.07, 6.45) is 3.37. The minimum absolute atomic E-state index is 0.317. The fourth-order valence-electron chi connectivity index (χ4n) is 4.81. The number of pyridine rings is 1. The second kappa shape index (κ2) is 9.87. The molecule has 1 aliphatic heterocycles. The van der Waals surface area contributed by atoms with Gasteiger partial charge in [-0.25, -0.2) is 4.79 Å². The lowest BCUT2D eigenvalue weighted by Crippen LogP contribution is -2.66. The van der Waals surface area contributed by atoms with Crippen molar-refractivity contribution in [3.8, 4) is 11.4 Å². The van der Waals surface area contributed by atoms with Crippen molar-refractivity contribution < 1.29 is 19.2 Å². The molecular formula is C28H37N5O4. The summed E-state index contributed by atoms with van der Waals surface area (Å²) in [7, 11) is 0. The first-order valence-electron chi connectivity index (χ1n) is 12.7. The summed E-state index contributed by atoms with van der Waals surface area (Å²) in [4.78, 5) is 23.2. The molecule has 0 radical (unpaired) electrons. The van der Waals surface area contributed by atoms with Crippen LogP contribution in [-0.2, 0) is 16.8 Å². The Morgan fingerprint density at radius 2 is 1.86 bits per heavy atom. The molecule has 3 aromatic rings. The quantitative estimate of drug-likeness (QED) is 0.486. The molecule has 0 saturated carbocycles. The van der Waals surface area contributed by atoms with Crippen molar-refractivity contribution in [3.63, 3.8) is 0 Å². The Labute approximate surface area is 218 Å². The van der Waals surface area contributed by atoms with Gasteiger partial charge in [0.25, 0.3) is 0 Å². The fraction of sp³-hybridized carbons (Fsp3) is 0.500. The molecule has 198 valence electrons. The normalized spacial score (nSPS) is 16.8. The van der Waals surface area contributed by atoms with Gasteiger partial charge in [-0.1, -0.05) is 50.2 Å². The number of benzene rings is 1. The maximum Gasteiger partial charge on any atom is 0.410 e. The number of likely N-dealkylation sites (tertiary alicyclic amines) is 1. The minimum Gasteiger partial charge on any atom is -0.444 e. The Balaban J connectivity index is 1.73. The van der Waals surface area contributed by atoms with Crippen molar-refractivity contribution in [3.05, 3.63) is 65.3 Å². The van der Waals surface area contributed by atoms with Crippen LogP contribution in [0, 0.1) is 5.41 Å². The highest BCUT2D eigenvalue weighted by Crippen LogP contribution is 2.51. The van der Waals surface area contributed by atoms with Gasteiger partial charge in [0.1, 0.15) is 11.2 Å². The van der Waals surface area contributed by atoms with Crippen LogP contribution in [0.3, 0.4) is 0 Å². The largest absolute Gasteiger partial charge is 0.444 e. The van der Waals surface area contributed by atoms with Gasteiger partial charge in [0.05, 0.1) is 0 Å². The first-order valence-corrected chi connectivity index (χ1v) is 12.7. The first kappa shape index (κ1) is 26.8. The molecule has 9 heteroatoms. The van der Waals surface area contributed by atoms with Crippen LogP contribution in [0.15, 0.2) is 47.2 Å². The SMILES string of the molecule is CC(C)c1ccc([C@](O)(c2cncc(-c3noc(CCN)n3)c2)C2(C)CN(C(=O)OC(C)(C)C)C2)cc1. The zero-order chi connectivity index (χ0) is 27.0. The second-order valence-corrected chi connectivity index (χ2v) is 11.4. The molecular weight excluding hydrogens is 470 g/mol. The highest BCUT2D eigenvalue weighted by atomic mass is 16.6. The Kier molecular flexibility index (Phi) is 7.14. The lowest BCUT2D eigenvalue weighted by molar-refractivity contribution is -0.131. The molecule has 3 N–H and O–H groups in total. The lowest BCUT2D eigenvalue weighted by atomic mass is 9.62. The highest BCUT2D eigenvalue weighted by molar-refractivity contribution is 5.70. The second-order valence-electron chi connectivity index (χ2n) is 11.4. The minimum atomic E-state index is -1.45. The van der Waals surface area contributed by atoms with Crippen molar-refractivity contribution >= 4 is 6.09 Å². The number of hydrogen-bond donors (Lipinski definition) is 2. The zero-order valence-electron chi connectivity index (χ0n) is 22.5. The van der Waals surface area contributed by atoms with Crippen LogP contribution in [0.5, 0.6) is 0 Å². The van der Waals surface area contributed by atoms with Gasteiger partial charge < -0.3 is 25.0 Å². The van der Waals surface area contributed by atoms with E-state index in [2.05, 4.69) is 29.0 Å². The Hall–Kier alpha value is -3.30. The monoisotopic (exact) mass is 507 g/mol. The van der Waals surface area contributed by atoms with E-state index >= 15 is 0 Å². The summed E-state index contributed by atoms with van der Waals surface area (Å²) in [5, 5.41) is 16.6. The molecule has 0 spiro atoms. The standard InChI is InChI=1S/C28H37N5O4/c1-18(2)19-7-9-21(10-8-19)28(35,27(6)16-33(17-27)25(34)36-26(3,4)5)22-13-20(14-30-15-22)24-31-23(11-12-29)37-32-24/h7-10,13-15,18,35H,11-12,16-17,29H2,1-6H3/t28-/m0/s1. The number of aliphatic hydroxyl groups is 1. The number of rotatable bonds is 7. The summed E-state index contributed by atoms with van der Waals surface area (Å²) in [5.41, 5.74) is 5.95. The first-order chi connectivity index (χ1) is 17.4. The Bertz CT molecular complexity index is 1240. The van der Waals surface area contributed by atoms with Crippen LogP contribution in [0.1, 0.15) is 70.0 Å². The summed E-state index contributed by atoms with van der Waals surface area (Å²) in [6, 6.07) is 9.82. The van der Waals surface area contributed by atoms with Gasteiger partial charge in [-0.3, -0.25) is 4.98 Å². The van der Waals surface area contributed by atoms with Crippen molar-refractivity contribution in [2.75, 3.05) is 19.6 Å². The van der Waals surface area contributed by atoms with E-state index in [1.807, 2.05) is 58.0 Å². The number of aromatic nitrogens is 3. The third-order valence-corrected chi connectivity index (χ3v) is 6.84. The zero-order valence-corrected chi connectivity index (χ0v) is 22.5. The van der Waals surface area contributed by atoms with Gasteiger partial charge >= 0.3 is 6.09 Å². The van der Waals surface area contributed by atoms with E-state index in [0.717, 1.165) is 5.56 Å². The third-order valence-electron chi connectivity index (χ3n) is 6.84. The van der Waals surface area contributed by atoms with Crippen LogP contribution < -0.4 is 5.73 Å². The predicted molar refractivity (Wildman–Crippen MR) is 140 cm³/mol. The average molecular weight is 508 g/mol. The molecule has 1 fully saturated rings. The Morgan fingerprint density at radius 3 is 2.46 bits per heavy atom. The molecule has 1 amide bonds. The Morgan fingerprint density at radius 1 is 1.19 bits per heavy atom. The van der Waals surface area contributed by atoms with E-state index in [1.54, 1.807) is 17.3 Å². The molecule has 0 aliphatic carbocycles. The number of nitrogens with zero attached hydrogens (tertiary/aromatic N) is 4. The van der Waals surface area contributed by atoms with Gasteiger partial charge in [0.2, 0.25) is 11.7 Å². The van der Waals surface area contributed by atoms with Crippen LogP contribution in [0.2, 0.25) is 0 Å². The van der Waals surface area contributed by atoms with Crippen LogP contribution in [0.25, 0.3) is 11.4 Å². The lowest BCUT2D eigenvalue weighted by Gasteiger charge is -2.56. The van der Waals surface area contributed by atoms with Gasteiger partial charge in [0.15, 0.2) is 0 Å². The molecule has 37 heavy (non-hydrogen) atoms. The maximum absolute atomic E-state index is 12.7. The summed E-state index contributed by atoms with van der Waals surface area (Å²) >= 11 is 0. The molecule has 9 nitrogen and oxygen atoms in total. The molecule has 1 aliphatic rings. The molecule has 1 saturated heterocycles. The van der Waals surface area contributed by atoms with Gasteiger partial charge in [0, 0.05) is 55.0 Å². The number of hydrogen-bond acceptors (Lipinski definition) is 8. The van der Waals surface area contributed by atoms with E-state index in [0.29, 0.717) is 54.8 Å². The highest BCUT2D eigenvalue weighted by Gasteiger charge is 2.58. The van der Waals surface area contributed by atoms with Gasteiger partial charge in [-0.05, 0) is 43.9 Å². The summed E-state index contributed by atoms with van der Waals surface area (Å²) in [6.45, 7) is 12.8. The number of amides is 1. The van der Waals surface area contributed by atoms with Crippen molar-refractivity contribution in [2.45, 2.75) is 65.1 Å². The number of carbonyl (C=O) groups excluding carboxylic acids is 1.